The van der Waals surface area contributed by atoms with Crippen LogP contribution in [0.25, 0.3) is 0 Å². The van der Waals surface area contributed by atoms with E-state index in [2.05, 4.69) is 36.5 Å². The second-order valence-electron chi connectivity index (χ2n) is 9.71. The molecule has 0 radical (unpaired) electrons. The molecule has 0 aromatic heterocycles. The number of hydrogen-bond acceptors (Lipinski definition) is 3. The lowest BCUT2D eigenvalue weighted by Crippen LogP contribution is -2.61. The first-order valence-corrected chi connectivity index (χ1v) is 11.4. The van der Waals surface area contributed by atoms with Gasteiger partial charge in [-0.1, -0.05) is 43.7 Å². The van der Waals surface area contributed by atoms with Gasteiger partial charge in [0.25, 0.3) is 0 Å². The van der Waals surface area contributed by atoms with Crippen LogP contribution in [0, 0.1) is 17.8 Å². The molecule has 4 aliphatic carbocycles. The van der Waals surface area contributed by atoms with Crippen LogP contribution in [0.5, 0.6) is 11.5 Å². The fourth-order valence-electron chi connectivity index (χ4n) is 6.51. The number of para-hydroxylation sites is 1. The number of aliphatic hydroxyl groups is 1. The molecule has 4 saturated carbocycles. The minimum Gasteiger partial charge on any atom is -0.457 e. The largest absolute Gasteiger partial charge is 0.457 e. The lowest BCUT2D eigenvalue weighted by Gasteiger charge is -2.58. The van der Waals surface area contributed by atoms with Crippen molar-refractivity contribution in [1.29, 1.82) is 0 Å². The van der Waals surface area contributed by atoms with E-state index in [0.29, 0.717) is 23.9 Å². The van der Waals surface area contributed by atoms with Gasteiger partial charge < -0.3 is 15.2 Å². The summed E-state index contributed by atoms with van der Waals surface area (Å²) in [6, 6.07) is 19.5. The summed E-state index contributed by atoms with van der Waals surface area (Å²) < 4.78 is 5.96. The van der Waals surface area contributed by atoms with E-state index in [-0.39, 0.29) is 5.60 Å². The molecule has 3 atom stereocenters. The van der Waals surface area contributed by atoms with Crippen LogP contribution in [0.4, 0.5) is 0 Å². The van der Waals surface area contributed by atoms with Gasteiger partial charge >= 0.3 is 0 Å². The van der Waals surface area contributed by atoms with Crippen LogP contribution in [-0.2, 0) is 0 Å². The molecule has 154 valence electrons. The molecule has 29 heavy (non-hydrogen) atoms. The highest BCUT2D eigenvalue weighted by Crippen LogP contribution is 2.56. The quantitative estimate of drug-likeness (QED) is 0.622. The van der Waals surface area contributed by atoms with Crippen molar-refractivity contribution in [3.8, 4) is 11.5 Å². The van der Waals surface area contributed by atoms with Crippen LogP contribution >= 0.6 is 0 Å². The minimum atomic E-state index is -0.356. The van der Waals surface area contributed by atoms with E-state index in [0.717, 1.165) is 49.5 Å². The standard InChI is InChI=1S/C26H33NO2/c1-2-6-24(19-9-11-23(12-10-19)29-22-7-4-3-5-8-22)27-25-20-13-18-14-21(25)17-26(28,15-18)16-20/h3-5,7-12,18,20-21,24-25,27-28H,2,6,13-17H2,1H3. The molecule has 3 heteroatoms. The van der Waals surface area contributed by atoms with Crippen LogP contribution in [0.3, 0.4) is 0 Å². The van der Waals surface area contributed by atoms with Gasteiger partial charge in [0.05, 0.1) is 5.60 Å². The van der Waals surface area contributed by atoms with Gasteiger partial charge in [0.1, 0.15) is 11.5 Å². The highest BCUT2D eigenvalue weighted by molar-refractivity contribution is 5.34. The van der Waals surface area contributed by atoms with E-state index in [1.54, 1.807) is 0 Å². The summed E-state index contributed by atoms with van der Waals surface area (Å²) >= 11 is 0. The molecule has 4 aliphatic rings. The first-order chi connectivity index (χ1) is 14.1. The molecule has 4 bridgehead atoms. The Hall–Kier alpha value is -1.84. The molecule has 2 aromatic rings. The first-order valence-electron chi connectivity index (χ1n) is 11.4. The molecule has 3 nitrogen and oxygen atoms in total. The SMILES string of the molecule is CCCC(NC1C2CC3CC1CC(O)(C3)C2)c1ccc(Oc2ccccc2)cc1. The van der Waals surface area contributed by atoms with Gasteiger partial charge in [-0.25, -0.2) is 0 Å². The van der Waals surface area contributed by atoms with Crippen molar-refractivity contribution in [2.75, 3.05) is 0 Å². The van der Waals surface area contributed by atoms with E-state index in [1.807, 2.05) is 30.3 Å². The summed E-state index contributed by atoms with van der Waals surface area (Å²) in [6.45, 7) is 2.27. The monoisotopic (exact) mass is 391 g/mol. The third-order valence-electron chi connectivity index (χ3n) is 7.47. The van der Waals surface area contributed by atoms with Crippen molar-refractivity contribution >= 4 is 0 Å². The smallest absolute Gasteiger partial charge is 0.127 e. The molecule has 0 spiro atoms. The number of ether oxygens (including phenoxy) is 1. The Morgan fingerprint density at radius 3 is 2.24 bits per heavy atom. The predicted molar refractivity (Wildman–Crippen MR) is 116 cm³/mol. The third kappa shape index (κ3) is 3.95. The van der Waals surface area contributed by atoms with Gasteiger partial charge in [0.2, 0.25) is 0 Å². The van der Waals surface area contributed by atoms with Crippen molar-refractivity contribution in [1.82, 2.24) is 5.32 Å². The van der Waals surface area contributed by atoms with Crippen LogP contribution < -0.4 is 10.1 Å². The zero-order valence-corrected chi connectivity index (χ0v) is 17.4. The molecule has 0 amide bonds. The van der Waals surface area contributed by atoms with E-state index in [1.165, 1.54) is 18.4 Å². The molecule has 0 saturated heterocycles. The molecule has 2 aromatic carbocycles. The van der Waals surface area contributed by atoms with Crippen LogP contribution in [0.2, 0.25) is 0 Å². The summed E-state index contributed by atoms with van der Waals surface area (Å²) in [5, 5.41) is 14.9. The molecular weight excluding hydrogens is 358 g/mol. The summed E-state index contributed by atoms with van der Waals surface area (Å²) in [6.07, 6.45) is 7.96. The maximum Gasteiger partial charge on any atom is 0.127 e. The Balaban J connectivity index is 1.29. The van der Waals surface area contributed by atoms with Gasteiger partial charge in [-0.15, -0.1) is 0 Å². The average Bonchev–Trinajstić information content (AvgIpc) is 2.70. The summed E-state index contributed by atoms with van der Waals surface area (Å²) in [7, 11) is 0. The predicted octanol–water partition coefficient (Wildman–Crippen LogP) is 5.85. The van der Waals surface area contributed by atoms with Gasteiger partial charge in [0, 0.05) is 12.1 Å². The van der Waals surface area contributed by atoms with Crippen molar-refractivity contribution < 1.29 is 9.84 Å². The van der Waals surface area contributed by atoms with E-state index in [9.17, 15) is 5.11 Å². The number of hydrogen-bond donors (Lipinski definition) is 2. The molecule has 4 fully saturated rings. The Kier molecular flexibility index (Phi) is 5.13. The highest BCUT2D eigenvalue weighted by Gasteiger charge is 2.54. The maximum atomic E-state index is 10.9. The van der Waals surface area contributed by atoms with Crippen LogP contribution in [0.1, 0.15) is 63.5 Å². The number of rotatable bonds is 7. The molecule has 6 rings (SSSR count). The van der Waals surface area contributed by atoms with Crippen molar-refractivity contribution in [2.24, 2.45) is 17.8 Å². The summed E-state index contributed by atoms with van der Waals surface area (Å²) in [4.78, 5) is 0. The number of nitrogens with one attached hydrogen (secondary N) is 1. The van der Waals surface area contributed by atoms with Gasteiger partial charge in [-0.05, 0) is 86.1 Å². The normalized spacial score (nSPS) is 33.6. The molecule has 2 N–H and O–H groups in total. The lowest BCUT2D eigenvalue weighted by atomic mass is 9.52. The summed E-state index contributed by atoms with van der Waals surface area (Å²) in [5.74, 6) is 3.80. The minimum absolute atomic E-state index is 0.356. The second-order valence-corrected chi connectivity index (χ2v) is 9.71. The van der Waals surface area contributed by atoms with Crippen molar-refractivity contribution in [2.45, 2.75) is 69.6 Å². The van der Waals surface area contributed by atoms with Gasteiger partial charge in [0.15, 0.2) is 0 Å². The fraction of sp³-hybridized carbons (Fsp3) is 0.538. The molecular formula is C26H33NO2. The summed E-state index contributed by atoms with van der Waals surface area (Å²) in [5.41, 5.74) is 0.991. The van der Waals surface area contributed by atoms with E-state index < -0.39 is 0 Å². The third-order valence-corrected chi connectivity index (χ3v) is 7.47. The Bertz CT molecular complexity index is 802. The lowest BCUT2D eigenvalue weighted by molar-refractivity contribution is -0.140. The van der Waals surface area contributed by atoms with Crippen molar-refractivity contribution in [3.63, 3.8) is 0 Å². The first kappa shape index (κ1) is 19.1. The zero-order chi connectivity index (χ0) is 19.8. The Morgan fingerprint density at radius 1 is 0.966 bits per heavy atom. The molecule has 0 aliphatic heterocycles. The topological polar surface area (TPSA) is 41.5 Å². The van der Waals surface area contributed by atoms with Crippen LogP contribution in [-0.4, -0.2) is 16.7 Å². The van der Waals surface area contributed by atoms with E-state index in [4.69, 9.17) is 4.74 Å². The fourth-order valence-corrected chi connectivity index (χ4v) is 6.51. The second kappa shape index (κ2) is 7.77. The van der Waals surface area contributed by atoms with Crippen molar-refractivity contribution in [3.05, 3.63) is 60.2 Å². The Labute approximate surface area is 174 Å². The van der Waals surface area contributed by atoms with Gasteiger partial charge in [-0.3, -0.25) is 0 Å². The highest BCUT2D eigenvalue weighted by atomic mass is 16.5. The number of benzene rings is 2. The Morgan fingerprint density at radius 2 is 1.62 bits per heavy atom. The van der Waals surface area contributed by atoms with E-state index >= 15 is 0 Å². The average molecular weight is 392 g/mol. The molecule has 3 unspecified atom stereocenters. The molecule has 0 heterocycles. The maximum absolute atomic E-state index is 10.9. The zero-order valence-electron chi connectivity index (χ0n) is 17.4. The van der Waals surface area contributed by atoms with Crippen LogP contribution in [0.15, 0.2) is 54.6 Å². The van der Waals surface area contributed by atoms with Gasteiger partial charge in [-0.2, -0.15) is 0 Å².